The number of aromatic nitrogens is 3. The Morgan fingerprint density at radius 2 is 1.76 bits per heavy atom. The van der Waals surface area contributed by atoms with Gasteiger partial charge in [0.15, 0.2) is 0 Å². The molecule has 3 aromatic heterocycles. The molecule has 1 amide bonds. The van der Waals surface area contributed by atoms with Gasteiger partial charge in [0, 0.05) is 16.8 Å². The van der Waals surface area contributed by atoms with Crippen LogP contribution in [0.4, 0.5) is 5.69 Å². The molecule has 0 fully saturated rings. The van der Waals surface area contributed by atoms with Crippen LogP contribution in [0.3, 0.4) is 0 Å². The molecule has 0 saturated heterocycles. The Hall–Kier alpha value is -3.06. The molecule has 0 aliphatic carbocycles. The average molecular weight is 407 g/mol. The van der Waals surface area contributed by atoms with Crippen molar-refractivity contribution >= 4 is 43.4 Å². The van der Waals surface area contributed by atoms with Crippen LogP contribution in [0, 0.1) is 34.6 Å². The molecule has 0 aliphatic rings. The summed E-state index contributed by atoms with van der Waals surface area (Å²) in [5.41, 5.74) is 5.18. The molecule has 0 unspecified atom stereocenters. The van der Waals surface area contributed by atoms with Gasteiger partial charge in [0.2, 0.25) is 5.91 Å². The number of amides is 1. The van der Waals surface area contributed by atoms with Crippen LogP contribution in [0.15, 0.2) is 29.1 Å². The molecule has 1 N–H and O–H groups in total. The number of thiophene rings is 1. The molecule has 4 rings (SSSR count). The van der Waals surface area contributed by atoms with Gasteiger partial charge < -0.3 is 5.32 Å². The highest BCUT2D eigenvalue weighted by Crippen LogP contribution is 2.32. The van der Waals surface area contributed by atoms with Crippen molar-refractivity contribution in [3.05, 3.63) is 62.8 Å². The number of nitrogens with zero attached hydrogens (tertiary/aromatic N) is 3. The molecular weight excluding hydrogens is 384 g/mol. The largest absolute Gasteiger partial charge is 0.324 e. The summed E-state index contributed by atoms with van der Waals surface area (Å²) in [4.78, 5) is 35.9. The average Bonchev–Trinajstić information content (AvgIpc) is 3.00. The molecule has 0 atom stereocenters. The zero-order valence-corrected chi connectivity index (χ0v) is 17.9. The highest BCUT2D eigenvalue weighted by molar-refractivity contribution is 7.25. The van der Waals surface area contributed by atoms with Crippen LogP contribution < -0.4 is 10.9 Å². The summed E-state index contributed by atoms with van der Waals surface area (Å²) in [6, 6.07) is 7.84. The van der Waals surface area contributed by atoms with Crippen molar-refractivity contribution in [2.24, 2.45) is 0 Å². The van der Waals surface area contributed by atoms with E-state index < -0.39 is 0 Å². The fourth-order valence-corrected chi connectivity index (χ4v) is 4.87. The molecule has 4 aromatic rings. The van der Waals surface area contributed by atoms with E-state index in [2.05, 4.69) is 15.3 Å². The van der Waals surface area contributed by atoms with Gasteiger partial charge in [0.25, 0.3) is 5.56 Å². The molecule has 0 aliphatic heterocycles. The Morgan fingerprint density at radius 1 is 1.07 bits per heavy atom. The number of rotatable bonds is 3. The van der Waals surface area contributed by atoms with Crippen molar-refractivity contribution in [2.75, 3.05) is 5.32 Å². The molecule has 1 aromatic carbocycles. The minimum atomic E-state index is -0.250. The van der Waals surface area contributed by atoms with E-state index in [1.54, 1.807) is 6.92 Å². The van der Waals surface area contributed by atoms with Crippen LogP contribution in [0.5, 0.6) is 0 Å². The summed E-state index contributed by atoms with van der Waals surface area (Å²) in [6.45, 7) is 9.51. The van der Waals surface area contributed by atoms with Crippen LogP contribution >= 0.6 is 11.3 Å². The summed E-state index contributed by atoms with van der Waals surface area (Å²) in [5, 5.41) is 3.86. The number of hydrogen-bond acceptors (Lipinski definition) is 5. The molecule has 7 heteroatoms. The topological polar surface area (TPSA) is 76.9 Å². The Bertz CT molecular complexity index is 1330. The summed E-state index contributed by atoms with van der Waals surface area (Å²) in [6.07, 6.45) is 0. The number of aryl methyl sites for hydroxylation is 5. The van der Waals surface area contributed by atoms with Gasteiger partial charge in [-0.25, -0.2) is 9.97 Å². The first-order valence-electron chi connectivity index (χ1n) is 9.40. The highest BCUT2D eigenvalue weighted by Gasteiger charge is 2.18. The third-order valence-corrected chi connectivity index (χ3v) is 6.17. The maximum atomic E-state index is 13.2. The first kappa shape index (κ1) is 19.3. The van der Waals surface area contributed by atoms with E-state index in [0.717, 1.165) is 38.3 Å². The number of para-hydroxylation sites is 1. The SMILES string of the molecule is Cc1cc(C)c2c(n1)sc1c(=O)n(CC(=O)Nc3c(C)cccc3C)c(C)nc12. The third kappa shape index (κ3) is 3.31. The van der Waals surface area contributed by atoms with Crippen LogP contribution in [-0.4, -0.2) is 20.4 Å². The van der Waals surface area contributed by atoms with Crippen molar-refractivity contribution in [3.8, 4) is 0 Å². The Morgan fingerprint density at radius 3 is 2.45 bits per heavy atom. The lowest BCUT2D eigenvalue weighted by atomic mass is 10.1. The van der Waals surface area contributed by atoms with E-state index in [1.165, 1.54) is 15.9 Å². The second-order valence-electron chi connectivity index (χ2n) is 7.41. The highest BCUT2D eigenvalue weighted by atomic mass is 32.1. The second kappa shape index (κ2) is 7.08. The number of anilines is 1. The van der Waals surface area contributed by atoms with Gasteiger partial charge in [0.05, 0.1) is 5.52 Å². The van der Waals surface area contributed by atoms with Crippen LogP contribution in [0.2, 0.25) is 0 Å². The summed E-state index contributed by atoms with van der Waals surface area (Å²) in [5.74, 6) is 0.263. The zero-order chi connectivity index (χ0) is 20.9. The quantitative estimate of drug-likeness (QED) is 0.553. The molecular formula is C22H22N4O2S. The van der Waals surface area contributed by atoms with Crippen molar-refractivity contribution in [2.45, 2.75) is 41.2 Å². The van der Waals surface area contributed by atoms with Gasteiger partial charge in [-0.2, -0.15) is 0 Å². The summed E-state index contributed by atoms with van der Waals surface area (Å²) >= 11 is 1.34. The molecule has 6 nitrogen and oxygen atoms in total. The third-order valence-electron chi connectivity index (χ3n) is 5.11. The minimum absolute atomic E-state index is 0.0823. The van der Waals surface area contributed by atoms with Crippen molar-refractivity contribution in [1.29, 1.82) is 0 Å². The first-order chi connectivity index (χ1) is 13.8. The fourth-order valence-electron chi connectivity index (χ4n) is 3.69. The number of nitrogens with one attached hydrogen (secondary N) is 1. The van der Waals surface area contributed by atoms with Gasteiger partial charge in [-0.15, -0.1) is 11.3 Å². The maximum Gasteiger partial charge on any atom is 0.272 e. The van der Waals surface area contributed by atoms with Gasteiger partial charge in [0.1, 0.15) is 21.9 Å². The first-order valence-corrected chi connectivity index (χ1v) is 10.2. The standard InChI is InChI=1S/C22H22N4O2S/c1-11-7-6-8-12(2)18(11)25-16(27)10-26-15(5)24-19-17-13(3)9-14(4)23-21(17)29-20(19)22(26)28/h6-9H,10H2,1-5H3,(H,25,27). The minimum Gasteiger partial charge on any atom is -0.324 e. The number of fused-ring (bicyclic) bond motifs is 3. The normalized spacial score (nSPS) is 11.3. The van der Waals surface area contributed by atoms with Crippen molar-refractivity contribution < 1.29 is 4.79 Å². The number of benzene rings is 1. The van der Waals surface area contributed by atoms with Crippen LogP contribution in [-0.2, 0) is 11.3 Å². The number of carbonyl (C=O) groups excluding carboxylic acids is 1. The monoisotopic (exact) mass is 406 g/mol. The van der Waals surface area contributed by atoms with E-state index in [0.29, 0.717) is 16.0 Å². The van der Waals surface area contributed by atoms with Crippen LogP contribution in [0.1, 0.15) is 28.2 Å². The number of pyridine rings is 1. The smallest absolute Gasteiger partial charge is 0.272 e. The predicted octanol–water partition coefficient (Wildman–Crippen LogP) is 4.19. The Kier molecular flexibility index (Phi) is 4.70. The maximum absolute atomic E-state index is 13.2. The number of hydrogen-bond donors (Lipinski definition) is 1. The van der Waals surface area contributed by atoms with E-state index in [-0.39, 0.29) is 18.0 Å². The van der Waals surface area contributed by atoms with Crippen molar-refractivity contribution in [3.63, 3.8) is 0 Å². The Balaban J connectivity index is 1.76. The molecule has 0 bridgehead atoms. The van der Waals surface area contributed by atoms with Gasteiger partial charge in [-0.1, -0.05) is 18.2 Å². The fraction of sp³-hybridized carbons (Fsp3) is 0.273. The lowest BCUT2D eigenvalue weighted by Crippen LogP contribution is -2.30. The van der Waals surface area contributed by atoms with E-state index in [1.807, 2.05) is 52.0 Å². The van der Waals surface area contributed by atoms with Crippen LogP contribution in [0.25, 0.3) is 20.4 Å². The Labute approximate surface area is 172 Å². The molecule has 0 spiro atoms. The van der Waals surface area contributed by atoms with Crippen molar-refractivity contribution in [1.82, 2.24) is 14.5 Å². The molecule has 3 heterocycles. The lowest BCUT2D eigenvalue weighted by molar-refractivity contribution is -0.116. The zero-order valence-electron chi connectivity index (χ0n) is 17.1. The van der Waals surface area contributed by atoms with Gasteiger partial charge >= 0.3 is 0 Å². The summed E-state index contributed by atoms with van der Waals surface area (Å²) < 4.78 is 1.97. The van der Waals surface area contributed by atoms with E-state index >= 15 is 0 Å². The molecule has 148 valence electrons. The van der Waals surface area contributed by atoms with Gasteiger partial charge in [-0.05, 0) is 57.4 Å². The van der Waals surface area contributed by atoms with Gasteiger partial charge in [-0.3, -0.25) is 14.2 Å². The molecule has 0 radical (unpaired) electrons. The summed E-state index contributed by atoms with van der Waals surface area (Å²) in [7, 11) is 0. The number of carbonyl (C=O) groups is 1. The lowest BCUT2D eigenvalue weighted by Gasteiger charge is -2.13. The molecule has 29 heavy (non-hydrogen) atoms. The predicted molar refractivity (Wildman–Crippen MR) is 118 cm³/mol. The molecule has 0 saturated carbocycles. The van der Waals surface area contributed by atoms with E-state index in [9.17, 15) is 9.59 Å². The second-order valence-corrected chi connectivity index (χ2v) is 8.40. The van der Waals surface area contributed by atoms with E-state index in [4.69, 9.17) is 0 Å².